The lowest BCUT2D eigenvalue weighted by atomic mass is 10.1. The number of anilines is 1. The van der Waals surface area contributed by atoms with E-state index in [2.05, 4.69) is 37.4 Å². The van der Waals surface area contributed by atoms with Gasteiger partial charge in [-0.25, -0.2) is 19.6 Å². The van der Waals surface area contributed by atoms with Gasteiger partial charge in [-0.3, -0.25) is 4.68 Å². The molecule has 0 radical (unpaired) electrons. The molecule has 1 N–H and O–H groups in total. The van der Waals surface area contributed by atoms with Crippen LogP contribution in [-0.4, -0.2) is 40.6 Å². The van der Waals surface area contributed by atoms with Crippen molar-refractivity contribution < 1.29 is 0 Å². The van der Waals surface area contributed by atoms with E-state index in [1.165, 1.54) is 0 Å². The molecule has 1 atom stereocenters. The van der Waals surface area contributed by atoms with Gasteiger partial charge >= 0.3 is 0 Å². The first kappa shape index (κ1) is 13.2. The van der Waals surface area contributed by atoms with Gasteiger partial charge in [-0.2, -0.15) is 10.2 Å². The fraction of sp³-hybridized carbons (Fsp3) is 0.500. The number of hydrogen-bond acceptors (Lipinski definition) is 6. The van der Waals surface area contributed by atoms with E-state index in [1.807, 2.05) is 11.7 Å². The van der Waals surface area contributed by atoms with Gasteiger partial charge in [0.05, 0.1) is 18.1 Å². The summed E-state index contributed by atoms with van der Waals surface area (Å²) in [5, 5.41) is 13.3. The summed E-state index contributed by atoms with van der Waals surface area (Å²) in [4.78, 5) is 13.2. The topological polar surface area (TPSA) is 86.3 Å². The molecule has 114 valence electrons. The molecule has 22 heavy (non-hydrogen) atoms. The normalized spacial score (nSPS) is 17.6. The maximum atomic E-state index is 4.55. The van der Waals surface area contributed by atoms with Crippen LogP contribution in [0.3, 0.4) is 0 Å². The Labute approximate surface area is 127 Å². The van der Waals surface area contributed by atoms with Crippen LogP contribution in [0.1, 0.15) is 25.0 Å². The van der Waals surface area contributed by atoms with Crippen molar-refractivity contribution in [3.05, 3.63) is 24.2 Å². The number of aromatic nitrogens is 7. The van der Waals surface area contributed by atoms with Crippen LogP contribution in [0.2, 0.25) is 0 Å². The highest BCUT2D eigenvalue weighted by atomic mass is 15.4. The third-order valence-corrected chi connectivity index (χ3v) is 4.09. The molecule has 1 aliphatic heterocycles. The second-order valence-electron chi connectivity index (χ2n) is 5.59. The third-order valence-electron chi connectivity index (χ3n) is 4.09. The van der Waals surface area contributed by atoms with Gasteiger partial charge in [-0.1, -0.05) is 6.92 Å². The first-order valence-electron chi connectivity index (χ1n) is 7.56. The second-order valence-corrected chi connectivity index (χ2v) is 5.59. The summed E-state index contributed by atoms with van der Waals surface area (Å²) in [5.41, 5.74) is 0.836. The summed E-state index contributed by atoms with van der Waals surface area (Å²) in [7, 11) is 1.88. The Morgan fingerprint density at radius 2 is 2.27 bits per heavy atom. The fourth-order valence-electron chi connectivity index (χ4n) is 2.90. The first-order chi connectivity index (χ1) is 10.7. The maximum Gasteiger partial charge on any atom is 0.163 e. The van der Waals surface area contributed by atoms with Gasteiger partial charge in [0, 0.05) is 25.9 Å². The Morgan fingerprint density at radius 3 is 3.14 bits per heavy atom. The predicted octanol–water partition coefficient (Wildman–Crippen LogP) is 0.944. The molecule has 0 amide bonds. The summed E-state index contributed by atoms with van der Waals surface area (Å²) in [6, 6.07) is 0.289. The number of nitrogens with zero attached hydrogens (tertiary/aromatic N) is 7. The lowest BCUT2D eigenvalue weighted by Crippen LogP contribution is -2.32. The number of rotatable bonds is 3. The molecule has 0 bridgehead atoms. The molecule has 8 nitrogen and oxygen atoms in total. The van der Waals surface area contributed by atoms with E-state index < -0.39 is 0 Å². The lowest BCUT2D eigenvalue weighted by Gasteiger charge is -2.24. The Hall–Kier alpha value is -2.51. The Kier molecular flexibility index (Phi) is 3.02. The minimum atomic E-state index is 0.289. The van der Waals surface area contributed by atoms with Crippen LogP contribution in [-0.2, 0) is 26.4 Å². The van der Waals surface area contributed by atoms with E-state index in [-0.39, 0.29) is 6.04 Å². The number of hydrogen-bond donors (Lipinski definition) is 1. The molecule has 0 aromatic carbocycles. The molecule has 8 heteroatoms. The van der Waals surface area contributed by atoms with Crippen molar-refractivity contribution in [1.29, 1.82) is 0 Å². The van der Waals surface area contributed by atoms with Gasteiger partial charge in [0.2, 0.25) is 0 Å². The Balaban J connectivity index is 1.58. The molecule has 3 aromatic heterocycles. The van der Waals surface area contributed by atoms with Crippen molar-refractivity contribution in [1.82, 2.24) is 34.5 Å². The van der Waals surface area contributed by atoms with Crippen LogP contribution >= 0.6 is 0 Å². The molecule has 0 saturated heterocycles. The minimum Gasteiger partial charge on any atom is -0.365 e. The molecule has 4 rings (SSSR count). The van der Waals surface area contributed by atoms with E-state index in [1.54, 1.807) is 17.2 Å². The summed E-state index contributed by atoms with van der Waals surface area (Å²) in [5.74, 6) is 2.85. The Bertz CT molecular complexity index is 817. The monoisotopic (exact) mass is 298 g/mol. The van der Waals surface area contributed by atoms with E-state index in [9.17, 15) is 0 Å². The van der Waals surface area contributed by atoms with E-state index in [0.717, 1.165) is 54.3 Å². The molecule has 0 aliphatic carbocycles. The maximum absolute atomic E-state index is 4.55. The highest BCUT2D eigenvalue weighted by molar-refractivity contribution is 5.86. The SMILES string of the molecule is CCc1nc2n(n1)C[C@H](Nc1ncnc3c1cnn3C)CC2. The van der Waals surface area contributed by atoms with Gasteiger partial charge in [0.15, 0.2) is 11.5 Å². The summed E-state index contributed by atoms with van der Waals surface area (Å²) in [6.07, 6.45) is 6.21. The van der Waals surface area contributed by atoms with E-state index in [4.69, 9.17) is 0 Å². The fourth-order valence-corrected chi connectivity index (χ4v) is 2.90. The predicted molar refractivity (Wildman–Crippen MR) is 81.4 cm³/mol. The van der Waals surface area contributed by atoms with E-state index in [0.29, 0.717) is 0 Å². The molecule has 0 saturated carbocycles. The third kappa shape index (κ3) is 2.11. The average molecular weight is 298 g/mol. The molecule has 0 unspecified atom stereocenters. The highest BCUT2D eigenvalue weighted by Crippen LogP contribution is 2.22. The van der Waals surface area contributed by atoms with Crippen LogP contribution < -0.4 is 5.32 Å². The molecular weight excluding hydrogens is 280 g/mol. The quantitative estimate of drug-likeness (QED) is 0.774. The number of fused-ring (bicyclic) bond motifs is 2. The average Bonchev–Trinajstić information content (AvgIpc) is 3.11. The molecule has 1 aliphatic rings. The largest absolute Gasteiger partial charge is 0.365 e. The van der Waals surface area contributed by atoms with Crippen LogP contribution in [0.4, 0.5) is 5.82 Å². The van der Waals surface area contributed by atoms with Crippen molar-refractivity contribution in [3.63, 3.8) is 0 Å². The molecule has 3 aromatic rings. The van der Waals surface area contributed by atoms with Crippen molar-refractivity contribution in [2.75, 3.05) is 5.32 Å². The van der Waals surface area contributed by atoms with Crippen LogP contribution in [0.5, 0.6) is 0 Å². The van der Waals surface area contributed by atoms with Crippen LogP contribution in [0, 0.1) is 0 Å². The summed E-state index contributed by atoms with van der Waals surface area (Å²) < 4.78 is 3.77. The summed E-state index contributed by atoms with van der Waals surface area (Å²) in [6.45, 7) is 2.89. The van der Waals surface area contributed by atoms with Gasteiger partial charge in [0.25, 0.3) is 0 Å². The second kappa shape index (κ2) is 5.04. The number of nitrogens with one attached hydrogen (secondary N) is 1. The van der Waals surface area contributed by atoms with Gasteiger partial charge in [0.1, 0.15) is 18.0 Å². The van der Waals surface area contributed by atoms with Crippen molar-refractivity contribution in [2.45, 2.75) is 38.8 Å². The van der Waals surface area contributed by atoms with Gasteiger partial charge in [-0.15, -0.1) is 0 Å². The minimum absolute atomic E-state index is 0.289. The van der Waals surface area contributed by atoms with Crippen LogP contribution in [0.25, 0.3) is 11.0 Å². The van der Waals surface area contributed by atoms with Gasteiger partial charge in [-0.05, 0) is 6.42 Å². The Morgan fingerprint density at radius 1 is 1.36 bits per heavy atom. The zero-order valence-corrected chi connectivity index (χ0v) is 12.7. The van der Waals surface area contributed by atoms with Gasteiger partial charge < -0.3 is 5.32 Å². The highest BCUT2D eigenvalue weighted by Gasteiger charge is 2.22. The smallest absolute Gasteiger partial charge is 0.163 e. The standard InChI is InChI=1S/C14H18N8/c1-3-11-19-12-5-4-9(7-22(12)20-11)18-13-10-6-17-21(2)14(10)16-8-15-13/h6,8-9H,3-5,7H2,1-2H3,(H,15,16,18)/t9-/m1/s1. The van der Waals surface area contributed by atoms with Crippen LogP contribution in [0.15, 0.2) is 12.5 Å². The first-order valence-corrected chi connectivity index (χ1v) is 7.56. The molecule has 0 fully saturated rings. The molecular formula is C14H18N8. The lowest BCUT2D eigenvalue weighted by molar-refractivity contribution is 0.440. The molecule has 0 spiro atoms. The molecule has 4 heterocycles. The van der Waals surface area contributed by atoms with Crippen molar-refractivity contribution in [3.8, 4) is 0 Å². The zero-order chi connectivity index (χ0) is 15.1. The summed E-state index contributed by atoms with van der Waals surface area (Å²) >= 11 is 0. The van der Waals surface area contributed by atoms with E-state index >= 15 is 0 Å². The number of aryl methyl sites for hydroxylation is 3. The van der Waals surface area contributed by atoms with Crippen molar-refractivity contribution in [2.24, 2.45) is 7.05 Å². The van der Waals surface area contributed by atoms with Crippen molar-refractivity contribution >= 4 is 16.9 Å². The zero-order valence-electron chi connectivity index (χ0n) is 12.7.